The summed E-state index contributed by atoms with van der Waals surface area (Å²) in [6.45, 7) is 1.80. The van der Waals surface area contributed by atoms with Gasteiger partial charge in [0, 0.05) is 48.2 Å². The second-order valence-electron chi connectivity index (χ2n) is 11.8. The van der Waals surface area contributed by atoms with Gasteiger partial charge in [0.05, 0.1) is 29.0 Å². The summed E-state index contributed by atoms with van der Waals surface area (Å²) in [4.78, 5) is 17.1. The Labute approximate surface area is 260 Å². The van der Waals surface area contributed by atoms with Crippen LogP contribution < -0.4 is 10.0 Å². The largest absolute Gasteiger partial charge is 0.335 e. The normalized spacial score (nSPS) is 14.2. The summed E-state index contributed by atoms with van der Waals surface area (Å²) in [6.07, 6.45) is 13.5. The minimum atomic E-state index is -3.44. The van der Waals surface area contributed by atoms with E-state index in [1.807, 2.05) is 18.5 Å². The van der Waals surface area contributed by atoms with Gasteiger partial charge in [-0.25, -0.2) is 22.5 Å². The van der Waals surface area contributed by atoms with Crippen LogP contribution in [0.4, 0.5) is 4.39 Å². The van der Waals surface area contributed by atoms with Crippen LogP contribution in [0.1, 0.15) is 36.8 Å². The molecule has 12 heteroatoms. The summed E-state index contributed by atoms with van der Waals surface area (Å²) >= 11 is 0. The van der Waals surface area contributed by atoms with E-state index < -0.39 is 15.8 Å². The lowest BCUT2D eigenvalue weighted by Crippen LogP contribution is -2.21. The Bertz CT molecular complexity index is 2120. The molecule has 4 aromatic heterocycles. The van der Waals surface area contributed by atoms with Crippen LogP contribution in [0, 0.1) is 11.7 Å². The number of halogens is 1. The van der Waals surface area contributed by atoms with Crippen molar-refractivity contribution >= 4 is 32.0 Å². The molecule has 7 rings (SSSR count). The highest BCUT2D eigenvalue weighted by Gasteiger charge is 2.18. The van der Waals surface area contributed by atoms with Crippen molar-refractivity contribution in [1.29, 1.82) is 0 Å². The fourth-order valence-electron chi connectivity index (χ4n) is 6.13. The van der Waals surface area contributed by atoms with E-state index >= 15 is 0 Å². The molecule has 0 amide bonds. The van der Waals surface area contributed by atoms with Gasteiger partial charge >= 0.3 is 0 Å². The SMILES string of the molecule is CS(=O)(=O)NCc1cc(F)cc(-c2cncc3[nH]c(-c4n[nH]c5ccc(-c6cncc(CNCC7CCCC7)c6)cc45)nc23)c1. The lowest BCUT2D eigenvalue weighted by atomic mass is 10.0. The molecule has 6 aromatic rings. The molecule has 0 atom stereocenters. The first-order chi connectivity index (χ1) is 21.8. The van der Waals surface area contributed by atoms with Crippen molar-refractivity contribution in [3.63, 3.8) is 0 Å². The molecule has 1 fully saturated rings. The van der Waals surface area contributed by atoms with Gasteiger partial charge in [-0.15, -0.1) is 0 Å². The number of imidazole rings is 1. The number of benzene rings is 2. The van der Waals surface area contributed by atoms with Gasteiger partial charge in [-0.3, -0.25) is 15.1 Å². The molecule has 0 radical (unpaired) electrons. The molecule has 0 unspecified atom stereocenters. The van der Waals surface area contributed by atoms with Gasteiger partial charge in [0.25, 0.3) is 0 Å². The first kappa shape index (κ1) is 29.2. The van der Waals surface area contributed by atoms with E-state index in [9.17, 15) is 12.8 Å². The van der Waals surface area contributed by atoms with Crippen molar-refractivity contribution in [1.82, 2.24) is 40.2 Å². The maximum absolute atomic E-state index is 14.6. The lowest BCUT2D eigenvalue weighted by molar-refractivity contribution is 0.489. The highest BCUT2D eigenvalue weighted by atomic mass is 32.2. The third-order valence-corrected chi connectivity index (χ3v) is 9.02. The Morgan fingerprint density at radius 3 is 2.56 bits per heavy atom. The summed E-state index contributed by atoms with van der Waals surface area (Å²) in [5.41, 5.74) is 7.59. The van der Waals surface area contributed by atoms with Gasteiger partial charge in [0.1, 0.15) is 11.5 Å². The molecule has 4 heterocycles. The van der Waals surface area contributed by atoms with Gasteiger partial charge in [-0.05, 0) is 84.0 Å². The quantitative estimate of drug-likeness (QED) is 0.153. The molecule has 0 bridgehead atoms. The molecule has 2 aromatic carbocycles. The van der Waals surface area contributed by atoms with Crippen molar-refractivity contribution in [2.24, 2.45) is 5.92 Å². The van der Waals surface area contributed by atoms with Crippen LogP contribution in [0.5, 0.6) is 0 Å². The van der Waals surface area contributed by atoms with Crippen LogP contribution in [0.2, 0.25) is 0 Å². The molecular weight excluding hydrogens is 591 g/mol. The molecule has 1 saturated carbocycles. The van der Waals surface area contributed by atoms with Gasteiger partial charge in [0.15, 0.2) is 5.82 Å². The van der Waals surface area contributed by atoms with Crippen LogP contribution >= 0.6 is 0 Å². The number of nitrogens with one attached hydrogen (secondary N) is 4. The number of sulfonamides is 1. The van der Waals surface area contributed by atoms with E-state index in [0.717, 1.165) is 52.9 Å². The minimum absolute atomic E-state index is 0.0319. The average molecular weight is 625 g/mol. The Hall–Kier alpha value is -4.52. The zero-order valence-corrected chi connectivity index (χ0v) is 25.6. The Morgan fingerprint density at radius 2 is 1.71 bits per heavy atom. The van der Waals surface area contributed by atoms with Crippen molar-refractivity contribution in [2.75, 3.05) is 12.8 Å². The second kappa shape index (κ2) is 12.1. The molecule has 1 aliphatic carbocycles. The smallest absolute Gasteiger partial charge is 0.209 e. The van der Waals surface area contributed by atoms with Crippen LogP contribution in [0.3, 0.4) is 0 Å². The molecule has 45 heavy (non-hydrogen) atoms. The van der Waals surface area contributed by atoms with Crippen molar-refractivity contribution in [3.8, 4) is 33.8 Å². The van der Waals surface area contributed by atoms with Crippen molar-refractivity contribution in [2.45, 2.75) is 38.8 Å². The molecule has 4 N–H and O–H groups in total. The summed E-state index contributed by atoms with van der Waals surface area (Å²) in [5.74, 6) is 0.837. The van der Waals surface area contributed by atoms with Crippen LogP contribution in [-0.4, -0.2) is 51.4 Å². The molecule has 0 spiro atoms. The minimum Gasteiger partial charge on any atom is -0.335 e. The van der Waals surface area contributed by atoms with E-state index in [1.54, 1.807) is 18.5 Å². The third kappa shape index (κ3) is 6.48. The van der Waals surface area contributed by atoms with Gasteiger partial charge in [0.2, 0.25) is 10.0 Å². The molecule has 0 saturated heterocycles. The predicted molar refractivity (Wildman–Crippen MR) is 173 cm³/mol. The number of nitrogens with zero attached hydrogens (tertiary/aromatic N) is 4. The Balaban J connectivity index is 1.19. The van der Waals surface area contributed by atoms with Gasteiger partial charge < -0.3 is 10.3 Å². The number of rotatable bonds is 10. The molecule has 1 aliphatic rings. The van der Waals surface area contributed by atoms with E-state index in [-0.39, 0.29) is 6.54 Å². The lowest BCUT2D eigenvalue weighted by Gasteiger charge is -2.11. The van der Waals surface area contributed by atoms with E-state index in [0.29, 0.717) is 39.2 Å². The zero-order chi connectivity index (χ0) is 31.0. The number of aromatic amines is 2. The van der Waals surface area contributed by atoms with Gasteiger partial charge in [-0.2, -0.15) is 5.10 Å². The van der Waals surface area contributed by atoms with Crippen LogP contribution in [0.15, 0.2) is 67.3 Å². The topological polar surface area (TPSA) is 141 Å². The van der Waals surface area contributed by atoms with E-state index in [4.69, 9.17) is 4.98 Å². The zero-order valence-electron chi connectivity index (χ0n) is 24.8. The van der Waals surface area contributed by atoms with E-state index in [1.165, 1.54) is 37.8 Å². The van der Waals surface area contributed by atoms with Crippen molar-refractivity contribution < 1.29 is 12.8 Å². The third-order valence-electron chi connectivity index (χ3n) is 8.35. The number of aromatic nitrogens is 6. The van der Waals surface area contributed by atoms with Crippen molar-refractivity contribution in [3.05, 3.63) is 84.2 Å². The number of hydrogen-bond donors (Lipinski definition) is 4. The maximum Gasteiger partial charge on any atom is 0.209 e. The average Bonchev–Trinajstić information content (AvgIpc) is 3.79. The Morgan fingerprint density at radius 1 is 0.889 bits per heavy atom. The monoisotopic (exact) mass is 624 g/mol. The van der Waals surface area contributed by atoms with Gasteiger partial charge in [-0.1, -0.05) is 18.9 Å². The second-order valence-corrected chi connectivity index (χ2v) is 13.6. The maximum atomic E-state index is 14.6. The summed E-state index contributed by atoms with van der Waals surface area (Å²) in [6, 6.07) is 12.7. The summed E-state index contributed by atoms with van der Waals surface area (Å²) in [7, 11) is -3.44. The molecule has 10 nitrogen and oxygen atoms in total. The molecular formula is C33H33FN8O2S. The summed E-state index contributed by atoms with van der Waals surface area (Å²) < 4.78 is 40.2. The summed E-state index contributed by atoms with van der Waals surface area (Å²) in [5, 5.41) is 12.2. The van der Waals surface area contributed by atoms with E-state index in [2.05, 4.69) is 53.4 Å². The Kier molecular flexibility index (Phi) is 7.86. The molecule has 0 aliphatic heterocycles. The van der Waals surface area contributed by atoms with Crippen LogP contribution in [0.25, 0.3) is 55.7 Å². The van der Waals surface area contributed by atoms with Crippen LogP contribution in [-0.2, 0) is 23.1 Å². The fraction of sp³-hybridized carbons (Fsp3) is 0.273. The number of H-pyrrole nitrogens is 2. The number of hydrogen-bond acceptors (Lipinski definition) is 7. The molecule has 230 valence electrons. The first-order valence-corrected chi connectivity index (χ1v) is 16.9. The standard InChI is InChI=1S/C33H33FN8O2S/c1-45(43,44)38-16-21-8-24(11-26(34)10-21)28-18-37-19-30-31(28)40-33(39-30)32-27-12-23(6-7-29(27)41-42-32)25-9-22(15-36-17-25)14-35-13-20-4-2-3-5-20/h6-12,15,17-20,35,38H,2-5,13-14,16H2,1H3,(H,39,40)(H,41,42). The predicted octanol–water partition coefficient (Wildman–Crippen LogP) is 5.70. The number of fused-ring (bicyclic) bond motifs is 2. The highest BCUT2D eigenvalue weighted by molar-refractivity contribution is 7.88. The highest BCUT2D eigenvalue weighted by Crippen LogP contribution is 2.33. The fourth-order valence-corrected chi connectivity index (χ4v) is 6.56. The number of pyridine rings is 2. The first-order valence-electron chi connectivity index (χ1n) is 15.0.